The van der Waals surface area contributed by atoms with Gasteiger partial charge in [0, 0.05) is 6.92 Å². The molecule has 0 fully saturated rings. The summed E-state index contributed by atoms with van der Waals surface area (Å²) in [6.07, 6.45) is -0.126. The van der Waals surface area contributed by atoms with Crippen LogP contribution in [0.5, 0.6) is 5.75 Å². The molecule has 5 heteroatoms. The van der Waals surface area contributed by atoms with Gasteiger partial charge in [0.2, 0.25) is 5.91 Å². The van der Waals surface area contributed by atoms with E-state index < -0.39 is 12.0 Å². The smallest absolute Gasteiger partial charge is 0.305 e. The number of carbonyl (C=O) groups excluding carboxylic acids is 1. The predicted octanol–water partition coefficient (Wildman–Crippen LogP) is 2.13. The molecule has 0 saturated carbocycles. The highest BCUT2D eigenvalue weighted by Crippen LogP contribution is 2.22. The molecule has 1 atom stereocenters. The second kappa shape index (κ2) is 6.78. The minimum atomic E-state index is -0.964. The van der Waals surface area contributed by atoms with Gasteiger partial charge in [0.25, 0.3) is 0 Å². The molecule has 5 nitrogen and oxygen atoms in total. The summed E-state index contributed by atoms with van der Waals surface area (Å²) in [6.45, 7) is 5.19. The summed E-state index contributed by atoms with van der Waals surface area (Å²) in [6, 6.07) is 6.56. The van der Waals surface area contributed by atoms with E-state index in [0.717, 1.165) is 5.56 Å². The zero-order valence-corrected chi connectivity index (χ0v) is 11.3. The van der Waals surface area contributed by atoms with Gasteiger partial charge >= 0.3 is 5.97 Å². The Morgan fingerprint density at radius 3 is 2.58 bits per heavy atom. The zero-order valence-electron chi connectivity index (χ0n) is 11.3. The molecule has 0 radical (unpaired) electrons. The van der Waals surface area contributed by atoms with Gasteiger partial charge < -0.3 is 15.2 Å². The van der Waals surface area contributed by atoms with Crippen LogP contribution in [0.3, 0.4) is 0 Å². The molecular weight excluding hydrogens is 246 g/mol. The van der Waals surface area contributed by atoms with Crippen molar-refractivity contribution in [1.29, 1.82) is 0 Å². The van der Waals surface area contributed by atoms with Crippen molar-refractivity contribution < 1.29 is 19.4 Å². The Morgan fingerprint density at radius 2 is 2.05 bits per heavy atom. The molecule has 0 spiro atoms. The second-order valence-corrected chi connectivity index (χ2v) is 4.59. The molecule has 0 aliphatic carbocycles. The van der Waals surface area contributed by atoms with Gasteiger partial charge in [0.05, 0.1) is 18.6 Å². The first-order chi connectivity index (χ1) is 8.88. The monoisotopic (exact) mass is 265 g/mol. The Morgan fingerprint density at radius 1 is 1.37 bits per heavy atom. The number of carboxylic acid groups (broad SMARTS) is 1. The topological polar surface area (TPSA) is 75.6 Å². The van der Waals surface area contributed by atoms with Gasteiger partial charge in [-0.05, 0) is 31.5 Å². The largest absolute Gasteiger partial charge is 0.491 e. The number of hydrogen-bond donors (Lipinski definition) is 2. The first-order valence-corrected chi connectivity index (χ1v) is 6.14. The maximum Gasteiger partial charge on any atom is 0.305 e. The van der Waals surface area contributed by atoms with Crippen LogP contribution in [0.4, 0.5) is 0 Å². The number of carbonyl (C=O) groups is 2. The molecule has 1 aromatic carbocycles. The predicted molar refractivity (Wildman–Crippen MR) is 71.0 cm³/mol. The van der Waals surface area contributed by atoms with Crippen LogP contribution < -0.4 is 10.1 Å². The third kappa shape index (κ3) is 5.42. The fraction of sp³-hybridized carbons (Fsp3) is 0.429. The molecule has 19 heavy (non-hydrogen) atoms. The zero-order chi connectivity index (χ0) is 14.4. The number of hydrogen-bond acceptors (Lipinski definition) is 3. The molecule has 2 N–H and O–H groups in total. The molecule has 0 aliphatic rings. The molecule has 0 heterocycles. The highest BCUT2D eigenvalue weighted by atomic mass is 16.5. The van der Waals surface area contributed by atoms with Crippen LogP contribution in [0, 0.1) is 0 Å². The molecule has 0 bridgehead atoms. The normalized spacial score (nSPS) is 12.0. The van der Waals surface area contributed by atoms with Crippen molar-refractivity contribution in [2.45, 2.75) is 39.3 Å². The molecule has 0 aliphatic heterocycles. The number of nitrogens with one attached hydrogen (secondary N) is 1. The third-order valence-corrected chi connectivity index (χ3v) is 2.39. The van der Waals surface area contributed by atoms with Crippen molar-refractivity contribution in [3.8, 4) is 5.75 Å². The molecule has 1 rings (SSSR count). The van der Waals surface area contributed by atoms with Crippen molar-refractivity contribution in [1.82, 2.24) is 5.32 Å². The van der Waals surface area contributed by atoms with E-state index in [1.54, 1.807) is 24.3 Å². The molecule has 0 saturated heterocycles. The summed E-state index contributed by atoms with van der Waals surface area (Å²) in [5, 5.41) is 11.5. The third-order valence-electron chi connectivity index (χ3n) is 2.39. The number of rotatable bonds is 6. The lowest BCUT2D eigenvalue weighted by atomic mass is 10.0. The summed E-state index contributed by atoms with van der Waals surface area (Å²) >= 11 is 0. The second-order valence-electron chi connectivity index (χ2n) is 4.59. The number of ether oxygens (including phenoxy) is 1. The Bertz CT molecular complexity index is 441. The quantitative estimate of drug-likeness (QED) is 0.826. The van der Waals surface area contributed by atoms with E-state index in [1.165, 1.54) is 6.92 Å². The summed E-state index contributed by atoms with van der Waals surface area (Å²) in [7, 11) is 0. The highest BCUT2D eigenvalue weighted by molar-refractivity contribution is 5.75. The van der Waals surface area contributed by atoms with E-state index in [0.29, 0.717) is 5.75 Å². The maximum atomic E-state index is 11.1. The van der Waals surface area contributed by atoms with Crippen LogP contribution in [-0.4, -0.2) is 23.1 Å². The lowest BCUT2D eigenvalue weighted by molar-refractivity contribution is -0.137. The van der Waals surface area contributed by atoms with Crippen LogP contribution in [0.2, 0.25) is 0 Å². The summed E-state index contributed by atoms with van der Waals surface area (Å²) in [4.78, 5) is 22.0. The lowest BCUT2D eigenvalue weighted by Crippen LogP contribution is -2.28. The molecule has 0 unspecified atom stereocenters. The van der Waals surface area contributed by atoms with E-state index >= 15 is 0 Å². The van der Waals surface area contributed by atoms with Gasteiger partial charge in [-0.25, -0.2) is 0 Å². The SMILES string of the molecule is CC(=O)N[C@@H](CC(=O)O)c1cccc(OC(C)C)c1. The fourth-order valence-electron chi connectivity index (χ4n) is 1.75. The molecular formula is C14H19NO4. The van der Waals surface area contributed by atoms with E-state index in [1.807, 2.05) is 13.8 Å². The fourth-order valence-corrected chi connectivity index (χ4v) is 1.75. The van der Waals surface area contributed by atoms with Crippen molar-refractivity contribution in [2.75, 3.05) is 0 Å². The summed E-state index contributed by atoms with van der Waals surface area (Å²) < 4.78 is 5.55. The van der Waals surface area contributed by atoms with E-state index in [-0.39, 0.29) is 18.4 Å². The van der Waals surface area contributed by atoms with Crippen LogP contribution in [0.15, 0.2) is 24.3 Å². The van der Waals surface area contributed by atoms with E-state index in [2.05, 4.69) is 5.32 Å². The molecule has 1 amide bonds. The summed E-state index contributed by atoms with van der Waals surface area (Å²) in [5.74, 6) is -0.566. The first kappa shape index (κ1) is 15.0. The number of benzene rings is 1. The first-order valence-electron chi connectivity index (χ1n) is 6.14. The number of aliphatic carboxylic acids is 1. The number of amides is 1. The van der Waals surface area contributed by atoms with Crippen LogP contribution in [0.25, 0.3) is 0 Å². The van der Waals surface area contributed by atoms with Crippen molar-refractivity contribution in [2.24, 2.45) is 0 Å². The average molecular weight is 265 g/mol. The van der Waals surface area contributed by atoms with Gasteiger partial charge in [-0.2, -0.15) is 0 Å². The van der Waals surface area contributed by atoms with Crippen LogP contribution in [-0.2, 0) is 9.59 Å². The molecule has 104 valence electrons. The maximum absolute atomic E-state index is 11.1. The lowest BCUT2D eigenvalue weighted by Gasteiger charge is -2.18. The van der Waals surface area contributed by atoms with E-state index in [4.69, 9.17) is 9.84 Å². The Labute approximate surface area is 112 Å². The Balaban J connectivity index is 2.94. The van der Waals surface area contributed by atoms with Gasteiger partial charge in [0.1, 0.15) is 5.75 Å². The van der Waals surface area contributed by atoms with Gasteiger partial charge in [-0.3, -0.25) is 9.59 Å². The average Bonchev–Trinajstić information content (AvgIpc) is 2.26. The van der Waals surface area contributed by atoms with Crippen molar-refractivity contribution in [3.05, 3.63) is 29.8 Å². The van der Waals surface area contributed by atoms with Crippen LogP contribution in [0.1, 0.15) is 38.8 Å². The highest BCUT2D eigenvalue weighted by Gasteiger charge is 2.17. The van der Waals surface area contributed by atoms with E-state index in [9.17, 15) is 9.59 Å². The summed E-state index contributed by atoms with van der Waals surface area (Å²) in [5.41, 5.74) is 0.718. The number of carboxylic acids is 1. The standard InChI is InChI=1S/C14H19NO4/c1-9(2)19-12-6-4-5-11(7-12)13(8-14(17)18)15-10(3)16/h4-7,9,13H,8H2,1-3H3,(H,15,16)(H,17,18)/t13-/m0/s1. The molecule has 0 aromatic heterocycles. The van der Waals surface area contributed by atoms with Gasteiger partial charge in [-0.1, -0.05) is 12.1 Å². The molecule has 1 aromatic rings. The van der Waals surface area contributed by atoms with Crippen molar-refractivity contribution in [3.63, 3.8) is 0 Å². The van der Waals surface area contributed by atoms with Crippen LogP contribution >= 0.6 is 0 Å². The van der Waals surface area contributed by atoms with Crippen molar-refractivity contribution >= 4 is 11.9 Å². The minimum Gasteiger partial charge on any atom is -0.491 e. The van der Waals surface area contributed by atoms with Gasteiger partial charge in [-0.15, -0.1) is 0 Å². The minimum absolute atomic E-state index is 0.0361. The Kier molecular flexibility index (Phi) is 5.36. The van der Waals surface area contributed by atoms with Gasteiger partial charge in [0.15, 0.2) is 0 Å². The Hall–Kier alpha value is -2.04.